The SMILES string of the molecule is O=C(O)N1C=CC2CN=CCC21. The Bertz CT molecular complexity index is 260. The Labute approximate surface area is 70.2 Å². The predicted molar refractivity (Wildman–Crippen MR) is 44.3 cm³/mol. The zero-order valence-corrected chi connectivity index (χ0v) is 6.55. The molecule has 1 amide bonds. The standard InChI is InChI=1S/C8H10N2O2/c11-8(12)10-4-2-6-5-9-3-1-7(6)10/h2-4,6-7H,1,5H2,(H,11,12). The monoisotopic (exact) mass is 166 g/mol. The Balaban J connectivity index is 2.17. The van der Waals surface area contributed by atoms with Crippen molar-refractivity contribution in [1.29, 1.82) is 0 Å². The molecule has 2 aliphatic rings. The third kappa shape index (κ3) is 0.995. The minimum absolute atomic E-state index is 0.0972. The Morgan fingerprint density at radius 1 is 1.67 bits per heavy atom. The van der Waals surface area contributed by atoms with Gasteiger partial charge in [0, 0.05) is 31.3 Å². The summed E-state index contributed by atoms with van der Waals surface area (Å²) in [5, 5.41) is 8.78. The summed E-state index contributed by atoms with van der Waals surface area (Å²) < 4.78 is 0. The van der Waals surface area contributed by atoms with Crippen LogP contribution in [0.5, 0.6) is 0 Å². The zero-order chi connectivity index (χ0) is 8.55. The summed E-state index contributed by atoms with van der Waals surface area (Å²) in [4.78, 5) is 16.2. The lowest BCUT2D eigenvalue weighted by molar-refractivity contribution is 0.146. The van der Waals surface area contributed by atoms with E-state index >= 15 is 0 Å². The largest absolute Gasteiger partial charge is 0.465 e. The van der Waals surface area contributed by atoms with E-state index in [0.29, 0.717) is 5.92 Å². The summed E-state index contributed by atoms with van der Waals surface area (Å²) in [6.45, 7) is 0.727. The van der Waals surface area contributed by atoms with Gasteiger partial charge in [-0.15, -0.1) is 0 Å². The topological polar surface area (TPSA) is 52.9 Å². The summed E-state index contributed by atoms with van der Waals surface area (Å²) in [5.74, 6) is 0.297. The minimum Gasteiger partial charge on any atom is -0.465 e. The van der Waals surface area contributed by atoms with Gasteiger partial charge in [0.1, 0.15) is 0 Å². The van der Waals surface area contributed by atoms with E-state index in [1.54, 1.807) is 6.20 Å². The maximum Gasteiger partial charge on any atom is 0.411 e. The molecule has 12 heavy (non-hydrogen) atoms. The van der Waals surface area contributed by atoms with Crippen LogP contribution in [0.15, 0.2) is 17.3 Å². The van der Waals surface area contributed by atoms with E-state index in [9.17, 15) is 4.79 Å². The summed E-state index contributed by atoms with van der Waals surface area (Å²) in [6, 6.07) is 0.0972. The van der Waals surface area contributed by atoms with Crippen molar-refractivity contribution < 1.29 is 9.90 Å². The number of carbonyl (C=O) groups is 1. The van der Waals surface area contributed by atoms with Crippen LogP contribution in [-0.2, 0) is 0 Å². The first-order chi connectivity index (χ1) is 5.79. The van der Waals surface area contributed by atoms with Gasteiger partial charge in [-0.2, -0.15) is 0 Å². The Kier molecular flexibility index (Phi) is 1.60. The third-order valence-corrected chi connectivity index (χ3v) is 2.36. The number of hydrogen-bond donors (Lipinski definition) is 1. The molecule has 0 spiro atoms. The van der Waals surface area contributed by atoms with Crippen molar-refractivity contribution in [2.75, 3.05) is 6.54 Å². The molecule has 2 rings (SSSR count). The quantitative estimate of drug-likeness (QED) is 0.582. The van der Waals surface area contributed by atoms with Crippen molar-refractivity contribution in [1.82, 2.24) is 4.90 Å². The number of rotatable bonds is 0. The molecule has 0 fully saturated rings. The number of hydrogen-bond acceptors (Lipinski definition) is 2. The molecule has 64 valence electrons. The molecule has 0 aromatic rings. The van der Waals surface area contributed by atoms with Gasteiger partial charge < -0.3 is 5.11 Å². The second-order valence-electron chi connectivity index (χ2n) is 3.05. The Hall–Kier alpha value is -1.32. The van der Waals surface area contributed by atoms with E-state index in [2.05, 4.69) is 4.99 Å². The fraction of sp³-hybridized carbons (Fsp3) is 0.500. The smallest absolute Gasteiger partial charge is 0.411 e. The molecule has 1 N–H and O–H groups in total. The van der Waals surface area contributed by atoms with Crippen LogP contribution in [0.25, 0.3) is 0 Å². The van der Waals surface area contributed by atoms with Crippen molar-refractivity contribution in [3.05, 3.63) is 12.3 Å². The van der Waals surface area contributed by atoms with Gasteiger partial charge in [-0.3, -0.25) is 9.89 Å². The molecular formula is C8H10N2O2. The zero-order valence-electron chi connectivity index (χ0n) is 6.55. The van der Waals surface area contributed by atoms with E-state index in [-0.39, 0.29) is 6.04 Å². The number of aliphatic imine (C=N–C) groups is 1. The van der Waals surface area contributed by atoms with Crippen LogP contribution in [0.1, 0.15) is 6.42 Å². The minimum atomic E-state index is -0.867. The third-order valence-electron chi connectivity index (χ3n) is 2.36. The number of fused-ring (bicyclic) bond motifs is 1. The molecule has 0 saturated heterocycles. The molecule has 2 unspecified atom stereocenters. The molecule has 0 aromatic heterocycles. The van der Waals surface area contributed by atoms with Gasteiger partial charge in [0.05, 0.1) is 6.04 Å². The fourth-order valence-corrected chi connectivity index (χ4v) is 1.70. The molecule has 2 atom stereocenters. The van der Waals surface area contributed by atoms with Crippen molar-refractivity contribution >= 4 is 12.3 Å². The molecular weight excluding hydrogens is 156 g/mol. The summed E-state index contributed by atoms with van der Waals surface area (Å²) >= 11 is 0. The van der Waals surface area contributed by atoms with E-state index in [0.717, 1.165) is 13.0 Å². The van der Waals surface area contributed by atoms with Crippen LogP contribution in [-0.4, -0.2) is 34.9 Å². The van der Waals surface area contributed by atoms with E-state index in [1.807, 2.05) is 12.3 Å². The van der Waals surface area contributed by atoms with Crippen molar-refractivity contribution in [2.24, 2.45) is 10.9 Å². The molecule has 4 heteroatoms. The first-order valence-corrected chi connectivity index (χ1v) is 3.97. The number of amides is 1. The summed E-state index contributed by atoms with van der Waals surface area (Å²) in [5.41, 5.74) is 0. The van der Waals surface area contributed by atoms with Gasteiger partial charge in [0.25, 0.3) is 0 Å². The highest BCUT2D eigenvalue weighted by Gasteiger charge is 2.33. The maximum absolute atomic E-state index is 10.7. The molecule has 2 aliphatic heterocycles. The van der Waals surface area contributed by atoms with Crippen LogP contribution in [0.2, 0.25) is 0 Å². The highest BCUT2D eigenvalue weighted by molar-refractivity contribution is 5.70. The van der Waals surface area contributed by atoms with Crippen LogP contribution in [0.4, 0.5) is 4.79 Å². The lowest BCUT2D eigenvalue weighted by Gasteiger charge is -2.26. The first kappa shape index (κ1) is 7.34. The van der Waals surface area contributed by atoms with E-state index < -0.39 is 6.09 Å². The normalized spacial score (nSPS) is 32.2. The average molecular weight is 166 g/mol. The summed E-state index contributed by atoms with van der Waals surface area (Å²) in [6.07, 6.45) is 5.25. The van der Waals surface area contributed by atoms with Gasteiger partial charge in [-0.05, 0) is 0 Å². The molecule has 0 aliphatic carbocycles. The van der Waals surface area contributed by atoms with Crippen LogP contribution in [0.3, 0.4) is 0 Å². The lowest BCUT2D eigenvalue weighted by Crippen LogP contribution is -2.38. The van der Waals surface area contributed by atoms with E-state index in [4.69, 9.17) is 5.11 Å². The van der Waals surface area contributed by atoms with Gasteiger partial charge in [0.2, 0.25) is 0 Å². The van der Waals surface area contributed by atoms with Crippen LogP contribution >= 0.6 is 0 Å². The van der Waals surface area contributed by atoms with Crippen LogP contribution in [0, 0.1) is 5.92 Å². The predicted octanol–water partition coefficient (Wildman–Crippen LogP) is 0.953. The number of nitrogens with zero attached hydrogens (tertiary/aromatic N) is 2. The Morgan fingerprint density at radius 2 is 2.50 bits per heavy atom. The second kappa shape index (κ2) is 2.62. The molecule has 0 bridgehead atoms. The van der Waals surface area contributed by atoms with Gasteiger partial charge in [0.15, 0.2) is 0 Å². The molecule has 4 nitrogen and oxygen atoms in total. The second-order valence-corrected chi connectivity index (χ2v) is 3.05. The summed E-state index contributed by atoms with van der Waals surface area (Å²) in [7, 11) is 0. The van der Waals surface area contributed by atoms with Crippen LogP contribution < -0.4 is 0 Å². The van der Waals surface area contributed by atoms with E-state index in [1.165, 1.54) is 4.90 Å². The van der Waals surface area contributed by atoms with Crippen molar-refractivity contribution in [3.8, 4) is 0 Å². The first-order valence-electron chi connectivity index (χ1n) is 3.97. The highest BCUT2D eigenvalue weighted by Crippen LogP contribution is 2.26. The lowest BCUT2D eigenvalue weighted by atomic mass is 9.97. The molecule has 0 saturated carbocycles. The highest BCUT2D eigenvalue weighted by atomic mass is 16.4. The average Bonchev–Trinajstić information content (AvgIpc) is 2.47. The van der Waals surface area contributed by atoms with Crippen molar-refractivity contribution in [2.45, 2.75) is 12.5 Å². The number of carboxylic acid groups (broad SMARTS) is 1. The Morgan fingerprint density at radius 3 is 3.25 bits per heavy atom. The molecule has 2 heterocycles. The maximum atomic E-state index is 10.7. The van der Waals surface area contributed by atoms with Gasteiger partial charge >= 0.3 is 6.09 Å². The van der Waals surface area contributed by atoms with Gasteiger partial charge in [-0.1, -0.05) is 6.08 Å². The van der Waals surface area contributed by atoms with Gasteiger partial charge in [-0.25, -0.2) is 4.79 Å². The molecule has 0 radical (unpaired) electrons. The fourth-order valence-electron chi connectivity index (χ4n) is 1.70. The molecule has 0 aromatic carbocycles. The van der Waals surface area contributed by atoms with Crippen molar-refractivity contribution in [3.63, 3.8) is 0 Å².